The lowest BCUT2D eigenvalue weighted by atomic mass is 10.2. The number of carbonyl (C=O) groups is 1. The highest BCUT2D eigenvalue weighted by Gasteiger charge is 2.30. The normalized spacial score (nSPS) is 19.9. The van der Waals surface area contributed by atoms with Crippen LogP contribution in [0.15, 0.2) is 6.20 Å². The van der Waals surface area contributed by atoms with Crippen LogP contribution in [0.2, 0.25) is 0 Å². The highest BCUT2D eigenvalue weighted by molar-refractivity contribution is 5.95. The molecule has 5 nitrogen and oxygen atoms in total. The summed E-state index contributed by atoms with van der Waals surface area (Å²) in [5.41, 5.74) is 1.67. The molecule has 1 N–H and O–H groups in total. The Hall–Kier alpha value is -1.36. The number of amides is 1. The first-order valence-electron chi connectivity index (χ1n) is 6.09. The fraction of sp³-hybridized carbons (Fsp3) is 0.667. The number of aromatic nitrogens is 2. The zero-order chi connectivity index (χ0) is 12.4. The second-order valence-electron chi connectivity index (χ2n) is 4.62. The minimum absolute atomic E-state index is 0.119. The average molecular weight is 236 g/mol. The molecule has 0 spiro atoms. The van der Waals surface area contributed by atoms with Crippen molar-refractivity contribution in [2.24, 2.45) is 7.05 Å². The summed E-state index contributed by atoms with van der Waals surface area (Å²) in [6.45, 7) is 3.66. The van der Waals surface area contributed by atoms with Crippen molar-refractivity contribution in [2.45, 2.75) is 25.8 Å². The number of carbonyl (C=O) groups excluding carboxylic acids is 1. The van der Waals surface area contributed by atoms with Crippen LogP contribution in [0.5, 0.6) is 0 Å². The Kier molecular flexibility index (Phi) is 3.47. The Morgan fingerprint density at radius 1 is 1.65 bits per heavy atom. The monoisotopic (exact) mass is 236 g/mol. The molecule has 0 aromatic carbocycles. The van der Waals surface area contributed by atoms with Crippen LogP contribution in [0.3, 0.4) is 0 Å². The molecule has 17 heavy (non-hydrogen) atoms. The first-order chi connectivity index (χ1) is 8.15. The standard InChI is InChI=1S/C12H20N4O/c1-9-11(8-14-15(9)3)12(17)16-6-4-5-10(16)7-13-2/h8,10,13H,4-7H2,1-3H3. The number of rotatable bonds is 3. The van der Waals surface area contributed by atoms with E-state index in [0.29, 0.717) is 6.04 Å². The van der Waals surface area contributed by atoms with Gasteiger partial charge in [0.1, 0.15) is 0 Å². The predicted molar refractivity (Wildman–Crippen MR) is 65.9 cm³/mol. The topological polar surface area (TPSA) is 50.2 Å². The quantitative estimate of drug-likeness (QED) is 0.834. The molecule has 0 bridgehead atoms. The van der Waals surface area contributed by atoms with Crippen molar-refractivity contribution >= 4 is 5.91 Å². The van der Waals surface area contributed by atoms with Crippen LogP contribution in [0.1, 0.15) is 28.9 Å². The number of likely N-dealkylation sites (tertiary alicyclic amines) is 1. The van der Waals surface area contributed by atoms with Crippen LogP contribution in [0.25, 0.3) is 0 Å². The Morgan fingerprint density at radius 3 is 3.00 bits per heavy atom. The second-order valence-corrected chi connectivity index (χ2v) is 4.62. The largest absolute Gasteiger partial charge is 0.334 e. The summed E-state index contributed by atoms with van der Waals surface area (Å²) in [5.74, 6) is 0.119. The molecular weight excluding hydrogens is 216 g/mol. The van der Waals surface area contributed by atoms with Crippen LogP contribution in [0, 0.1) is 6.92 Å². The fourth-order valence-corrected chi connectivity index (χ4v) is 2.41. The van der Waals surface area contributed by atoms with Gasteiger partial charge in [-0.2, -0.15) is 5.10 Å². The minimum atomic E-state index is 0.119. The molecule has 0 saturated carbocycles. The van der Waals surface area contributed by atoms with E-state index in [4.69, 9.17) is 0 Å². The van der Waals surface area contributed by atoms with Gasteiger partial charge in [0.05, 0.1) is 11.8 Å². The molecule has 1 aromatic rings. The van der Waals surface area contributed by atoms with Gasteiger partial charge in [-0.25, -0.2) is 0 Å². The molecule has 1 aromatic heterocycles. The summed E-state index contributed by atoms with van der Waals surface area (Å²) in [7, 11) is 3.79. The maximum atomic E-state index is 12.4. The highest BCUT2D eigenvalue weighted by Crippen LogP contribution is 2.20. The van der Waals surface area contributed by atoms with E-state index in [1.54, 1.807) is 10.9 Å². The van der Waals surface area contributed by atoms with E-state index in [1.165, 1.54) is 0 Å². The first-order valence-corrected chi connectivity index (χ1v) is 6.09. The van der Waals surface area contributed by atoms with Crippen molar-refractivity contribution in [3.63, 3.8) is 0 Å². The average Bonchev–Trinajstić information content (AvgIpc) is 2.88. The minimum Gasteiger partial charge on any atom is -0.334 e. The van der Waals surface area contributed by atoms with E-state index in [1.807, 2.05) is 25.9 Å². The Morgan fingerprint density at radius 2 is 2.41 bits per heavy atom. The van der Waals surface area contributed by atoms with Gasteiger partial charge in [0, 0.05) is 31.9 Å². The van der Waals surface area contributed by atoms with Gasteiger partial charge in [0.25, 0.3) is 5.91 Å². The molecule has 94 valence electrons. The number of aryl methyl sites for hydroxylation is 1. The Bertz CT molecular complexity index is 413. The van der Waals surface area contributed by atoms with Crippen molar-refractivity contribution in [1.82, 2.24) is 20.0 Å². The third-order valence-electron chi connectivity index (χ3n) is 3.54. The molecule has 2 heterocycles. The second kappa shape index (κ2) is 4.87. The van der Waals surface area contributed by atoms with Gasteiger partial charge in [-0.1, -0.05) is 0 Å². The SMILES string of the molecule is CNCC1CCCN1C(=O)c1cnn(C)c1C. The number of hydrogen-bond acceptors (Lipinski definition) is 3. The van der Waals surface area contributed by atoms with Crippen molar-refractivity contribution in [3.05, 3.63) is 17.5 Å². The summed E-state index contributed by atoms with van der Waals surface area (Å²) in [6.07, 6.45) is 3.86. The van der Waals surface area contributed by atoms with Crippen LogP contribution in [-0.4, -0.2) is 46.8 Å². The van der Waals surface area contributed by atoms with Crippen LogP contribution in [0.4, 0.5) is 0 Å². The number of nitrogens with zero attached hydrogens (tertiary/aromatic N) is 3. The lowest BCUT2D eigenvalue weighted by Crippen LogP contribution is -2.41. The number of likely N-dealkylation sites (N-methyl/N-ethyl adjacent to an activating group) is 1. The fourth-order valence-electron chi connectivity index (χ4n) is 2.41. The van der Waals surface area contributed by atoms with Crippen LogP contribution in [-0.2, 0) is 7.05 Å². The van der Waals surface area contributed by atoms with Gasteiger partial charge in [-0.05, 0) is 26.8 Å². The lowest BCUT2D eigenvalue weighted by Gasteiger charge is -2.24. The van der Waals surface area contributed by atoms with Crippen molar-refractivity contribution in [1.29, 1.82) is 0 Å². The molecule has 1 unspecified atom stereocenters. The van der Waals surface area contributed by atoms with E-state index >= 15 is 0 Å². The summed E-state index contributed by atoms with van der Waals surface area (Å²) < 4.78 is 1.75. The molecule has 1 aliphatic rings. The molecule has 1 atom stereocenters. The first kappa shape index (κ1) is 12.1. The van der Waals surface area contributed by atoms with Gasteiger partial charge in [-0.3, -0.25) is 9.48 Å². The van der Waals surface area contributed by atoms with E-state index in [2.05, 4.69) is 10.4 Å². The molecule has 1 saturated heterocycles. The number of hydrogen-bond donors (Lipinski definition) is 1. The van der Waals surface area contributed by atoms with E-state index < -0.39 is 0 Å². The summed E-state index contributed by atoms with van der Waals surface area (Å²) in [6, 6.07) is 0.326. The molecule has 1 fully saturated rings. The Balaban J connectivity index is 2.17. The van der Waals surface area contributed by atoms with E-state index in [9.17, 15) is 4.79 Å². The molecule has 2 rings (SSSR count). The summed E-state index contributed by atoms with van der Waals surface area (Å²) >= 11 is 0. The van der Waals surface area contributed by atoms with Crippen molar-refractivity contribution in [3.8, 4) is 0 Å². The third kappa shape index (κ3) is 2.20. The molecular formula is C12H20N4O. The molecule has 0 aliphatic carbocycles. The molecule has 5 heteroatoms. The zero-order valence-corrected chi connectivity index (χ0v) is 10.7. The van der Waals surface area contributed by atoms with Crippen molar-refractivity contribution in [2.75, 3.05) is 20.1 Å². The van der Waals surface area contributed by atoms with Gasteiger partial charge >= 0.3 is 0 Å². The van der Waals surface area contributed by atoms with Crippen molar-refractivity contribution < 1.29 is 4.79 Å². The molecule has 1 aliphatic heterocycles. The van der Waals surface area contributed by atoms with Crippen LogP contribution >= 0.6 is 0 Å². The van der Waals surface area contributed by atoms with Gasteiger partial charge in [0.15, 0.2) is 0 Å². The lowest BCUT2D eigenvalue weighted by molar-refractivity contribution is 0.0736. The predicted octanol–water partition coefficient (Wildman–Crippen LogP) is 0.553. The highest BCUT2D eigenvalue weighted by atomic mass is 16.2. The van der Waals surface area contributed by atoms with Gasteiger partial charge in [-0.15, -0.1) is 0 Å². The smallest absolute Gasteiger partial charge is 0.257 e. The maximum absolute atomic E-state index is 12.4. The summed E-state index contributed by atoms with van der Waals surface area (Å²) in [5, 5.41) is 7.28. The number of nitrogens with one attached hydrogen (secondary N) is 1. The van der Waals surface area contributed by atoms with Crippen LogP contribution < -0.4 is 5.32 Å². The van der Waals surface area contributed by atoms with E-state index in [0.717, 1.165) is 37.2 Å². The van der Waals surface area contributed by atoms with E-state index in [-0.39, 0.29) is 5.91 Å². The van der Waals surface area contributed by atoms with Gasteiger partial charge in [0.2, 0.25) is 0 Å². The zero-order valence-electron chi connectivity index (χ0n) is 10.7. The molecule has 1 amide bonds. The maximum Gasteiger partial charge on any atom is 0.257 e. The van der Waals surface area contributed by atoms with Gasteiger partial charge < -0.3 is 10.2 Å². The Labute approximate surface area is 102 Å². The summed E-state index contributed by atoms with van der Waals surface area (Å²) in [4.78, 5) is 14.4. The third-order valence-corrected chi connectivity index (χ3v) is 3.54. The molecule has 0 radical (unpaired) electrons.